The molecule has 6 nitrogen and oxygen atoms in total. The molecule has 2 aromatic rings. The molecule has 1 atom stereocenters. The van der Waals surface area contributed by atoms with Crippen molar-refractivity contribution in [2.45, 2.75) is 57.8 Å². The maximum Gasteiger partial charge on any atom is 0.234 e. The number of hydrogen-bond donors (Lipinski definition) is 1. The number of amides is 1. The van der Waals surface area contributed by atoms with E-state index in [2.05, 4.69) is 33.1 Å². The highest BCUT2D eigenvalue weighted by molar-refractivity contribution is 7.99. The van der Waals surface area contributed by atoms with Crippen molar-refractivity contribution in [2.75, 3.05) is 17.7 Å². The average Bonchev–Trinajstić information content (AvgIpc) is 3.22. The zero-order valence-corrected chi connectivity index (χ0v) is 16.4. The summed E-state index contributed by atoms with van der Waals surface area (Å²) in [5.74, 6) is 1.21. The number of carbonyl (C=O) groups excluding carboxylic acids is 1. The quantitative estimate of drug-likeness (QED) is 0.753. The molecule has 0 bridgehead atoms. The van der Waals surface area contributed by atoms with E-state index < -0.39 is 0 Å². The number of ether oxygens (including phenoxy) is 1. The second kappa shape index (κ2) is 8.68. The summed E-state index contributed by atoms with van der Waals surface area (Å²) in [7, 11) is 0. The van der Waals surface area contributed by atoms with Crippen molar-refractivity contribution in [3.63, 3.8) is 0 Å². The minimum atomic E-state index is -0.0373. The molecule has 0 radical (unpaired) electrons. The van der Waals surface area contributed by atoms with Gasteiger partial charge in [-0.1, -0.05) is 24.8 Å². The number of carbonyl (C=O) groups is 1. The average molecular weight is 375 g/mol. The molecular formula is C19H26N4O2S. The number of hydrogen-bond acceptors (Lipinski definition) is 5. The first kappa shape index (κ1) is 18.9. The molecule has 1 aromatic carbocycles. The molecule has 7 heteroatoms. The normalized spacial score (nSPS) is 16.8. The van der Waals surface area contributed by atoms with Crippen LogP contribution in [0.15, 0.2) is 23.4 Å². The van der Waals surface area contributed by atoms with Crippen molar-refractivity contribution in [3.8, 4) is 0 Å². The van der Waals surface area contributed by atoms with E-state index in [1.165, 1.54) is 11.8 Å². The van der Waals surface area contributed by atoms with Gasteiger partial charge in [-0.2, -0.15) is 0 Å². The molecule has 1 aromatic heterocycles. The Morgan fingerprint density at radius 3 is 2.73 bits per heavy atom. The Hall–Kier alpha value is -1.86. The maximum atomic E-state index is 12.3. The molecule has 1 saturated heterocycles. The second-order valence-electron chi connectivity index (χ2n) is 6.71. The smallest absolute Gasteiger partial charge is 0.234 e. The number of aromatic nitrogens is 3. The van der Waals surface area contributed by atoms with Crippen molar-refractivity contribution >= 4 is 23.4 Å². The lowest BCUT2D eigenvalue weighted by atomic mass is 10.1. The van der Waals surface area contributed by atoms with Gasteiger partial charge in [0.1, 0.15) is 5.82 Å². The predicted molar refractivity (Wildman–Crippen MR) is 104 cm³/mol. The summed E-state index contributed by atoms with van der Waals surface area (Å²) in [6.07, 6.45) is 3.21. The van der Waals surface area contributed by atoms with Crippen molar-refractivity contribution in [1.82, 2.24) is 14.8 Å². The number of aryl methyl sites for hydroxylation is 3. The maximum absolute atomic E-state index is 12.3. The summed E-state index contributed by atoms with van der Waals surface area (Å²) in [5.41, 5.74) is 3.11. The molecule has 2 heterocycles. The molecule has 1 unspecified atom stereocenters. The van der Waals surface area contributed by atoms with E-state index in [0.717, 1.165) is 60.2 Å². The number of nitrogens with one attached hydrogen (secondary N) is 1. The third-order valence-corrected chi connectivity index (χ3v) is 5.32. The van der Waals surface area contributed by atoms with Gasteiger partial charge in [0.05, 0.1) is 18.4 Å². The van der Waals surface area contributed by atoms with Crippen LogP contribution in [0.4, 0.5) is 5.69 Å². The van der Waals surface area contributed by atoms with Gasteiger partial charge in [0.15, 0.2) is 5.16 Å². The van der Waals surface area contributed by atoms with Crippen LogP contribution in [-0.4, -0.2) is 39.1 Å². The molecule has 1 aliphatic heterocycles. The summed E-state index contributed by atoms with van der Waals surface area (Å²) in [4.78, 5) is 12.3. The summed E-state index contributed by atoms with van der Waals surface area (Å²) < 4.78 is 7.84. The molecule has 1 fully saturated rings. The Morgan fingerprint density at radius 2 is 2.08 bits per heavy atom. The Morgan fingerprint density at radius 1 is 1.31 bits per heavy atom. The fourth-order valence-corrected chi connectivity index (χ4v) is 4.00. The molecule has 26 heavy (non-hydrogen) atoms. The number of rotatable bonds is 7. The highest BCUT2D eigenvalue weighted by atomic mass is 32.2. The first-order chi connectivity index (χ1) is 12.5. The highest BCUT2D eigenvalue weighted by Gasteiger charge is 2.21. The van der Waals surface area contributed by atoms with E-state index in [0.29, 0.717) is 5.75 Å². The number of anilines is 1. The monoisotopic (exact) mass is 374 g/mol. The Balaban J connectivity index is 1.61. The van der Waals surface area contributed by atoms with Gasteiger partial charge in [-0.15, -0.1) is 10.2 Å². The van der Waals surface area contributed by atoms with Crippen molar-refractivity contribution in [2.24, 2.45) is 0 Å². The molecule has 1 aliphatic rings. The van der Waals surface area contributed by atoms with Crippen molar-refractivity contribution in [3.05, 3.63) is 35.2 Å². The van der Waals surface area contributed by atoms with Gasteiger partial charge >= 0.3 is 0 Å². The molecule has 140 valence electrons. The lowest BCUT2D eigenvalue weighted by Gasteiger charge is -2.14. The summed E-state index contributed by atoms with van der Waals surface area (Å²) in [6.45, 7) is 7.71. The van der Waals surface area contributed by atoms with E-state index in [1.54, 1.807) is 0 Å². The Labute approximate surface area is 158 Å². The van der Waals surface area contributed by atoms with Crippen LogP contribution in [-0.2, 0) is 22.5 Å². The van der Waals surface area contributed by atoms with E-state index in [-0.39, 0.29) is 12.0 Å². The third kappa shape index (κ3) is 4.86. The lowest BCUT2D eigenvalue weighted by Crippen LogP contribution is -2.19. The predicted octanol–water partition coefficient (Wildman–Crippen LogP) is 3.37. The van der Waals surface area contributed by atoms with Gasteiger partial charge in [-0.25, -0.2) is 0 Å². The first-order valence-corrected chi connectivity index (χ1v) is 10.1. The van der Waals surface area contributed by atoms with Gasteiger partial charge in [0, 0.05) is 18.7 Å². The summed E-state index contributed by atoms with van der Waals surface area (Å²) in [5, 5.41) is 12.3. The van der Waals surface area contributed by atoms with Gasteiger partial charge < -0.3 is 14.6 Å². The highest BCUT2D eigenvalue weighted by Crippen LogP contribution is 2.22. The first-order valence-electron chi connectivity index (χ1n) is 9.09. The fraction of sp³-hybridized carbons (Fsp3) is 0.526. The third-order valence-electron chi connectivity index (χ3n) is 4.36. The zero-order valence-electron chi connectivity index (χ0n) is 15.6. The minimum Gasteiger partial charge on any atom is -0.376 e. The van der Waals surface area contributed by atoms with Crippen LogP contribution >= 0.6 is 11.8 Å². The van der Waals surface area contributed by atoms with Gasteiger partial charge in [-0.05, 0) is 49.9 Å². The fourth-order valence-electron chi connectivity index (χ4n) is 3.24. The molecule has 0 saturated carbocycles. The standard InChI is InChI=1S/C19H26N4O2S/c1-4-17-21-22-19(23(17)11-16-6-5-7-25-16)26-12-18(24)20-15-9-13(2)8-14(3)10-15/h8-10,16H,4-7,11-12H2,1-3H3,(H,20,24). The van der Waals surface area contributed by atoms with E-state index >= 15 is 0 Å². The Bertz CT molecular complexity index is 749. The number of benzene rings is 1. The van der Waals surface area contributed by atoms with Crippen LogP contribution < -0.4 is 5.32 Å². The molecule has 1 N–H and O–H groups in total. The van der Waals surface area contributed by atoms with Crippen molar-refractivity contribution < 1.29 is 9.53 Å². The van der Waals surface area contributed by atoms with Crippen LogP contribution in [0.3, 0.4) is 0 Å². The molecule has 3 rings (SSSR count). The SMILES string of the molecule is CCc1nnc(SCC(=O)Nc2cc(C)cc(C)c2)n1CC1CCCO1. The summed E-state index contributed by atoms with van der Waals surface area (Å²) >= 11 is 1.42. The lowest BCUT2D eigenvalue weighted by molar-refractivity contribution is -0.113. The van der Waals surface area contributed by atoms with Gasteiger partial charge in [-0.3, -0.25) is 4.79 Å². The molecular weight excluding hydrogens is 348 g/mol. The van der Waals surface area contributed by atoms with Gasteiger partial charge in [0.25, 0.3) is 0 Å². The van der Waals surface area contributed by atoms with Gasteiger partial charge in [0.2, 0.25) is 5.91 Å². The van der Waals surface area contributed by atoms with E-state index in [4.69, 9.17) is 4.74 Å². The second-order valence-corrected chi connectivity index (χ2v) is 7.65. The molecule has 0 aliphatic carbocycles. The molecule has 0 spiro atoms. The minimum absolute atomic E-state index is 0.0373. The van der Waals surface area contributed by atoms with E-state index in [1.807, 2.05) is 26.0 Å². The van der Waals surface area contributed by atoms with Crippen LogP contribution in [0.1, 0.15) is 36.7 Å². The zero-order chi connectivity index (χ0) is 18.5. The topological polar surface area (TPSA) is 69.0 Å². The van der Waals surface area contributed by atoms with Crippen molar-refractivity contribution in [1.29, 1.82) is 0 Å². The van der Waals surface area contributed by atoms with Crippen LogP contribution in [0, 0.1) is 13.8 Å². The Kier molecular flexibility index (Phi) is 6.32. The number of thioether (sulfide) groups is 1. The molecule has 1 amide bonds. The largest absolute Gasteiger partial charge is 0.376 e. The van der Waals surface area contributed by atoms with Crippen LogP contribution in [0.5, 0.6) is 0 Å². The van der Waals surface area contributed by atoms with Crippen LogP contribution in [0.25, 0.3) is 0 Å². The van der Waals surface area contributed by atoms with E-state index in [9.17, 15) is 4.79 Å². The summed E-state index contributed by atoms with van der Waals surface area (Å²) in [6, 6.07) is 6.04. The number of nitrogens with zero attached hydrogens (tertiary/aromatic N) is 3. The van der Waals surface area contributed by atoms with Crippen LogP contribution in [0.2, 0.25) is 0 Å².